The third-order valence-electron chi connectivity index (χ3n) is 4.27. The van der Waals surface area contributed by atoms with E-state index in [1.165, 1.54) is 54.9 Å². The van der Waals surface area contributed by atoms with Crippen molar-refractivity contribution in [3.63, 3.8) is 0 Å². The lowest BCUT2D eigenvalue weighted by Gasteiger charge is -2.01. The van der Waals surface area contributed by atoms with Crippen LogP contribution in [0.25, 0.3) is 22.5 Å². The van der Waals surface area contributed by atoms with E-state index in [4.69, 9.17) is 16.7 Å². The van der Waals surface area contributed by atoms with E-state index in [1.54, 1.807) is 30.3 Å². The number of benzene rings is 2. The molecule has 0 unspecified atom stereocenters. The van der Waals surface area contributed by atoms with E-state index in [-0.39, 0.29) is 17.2 Å². The number of hydrogen-bond donors (Lipinski definition) is 1. The lowest BCUT2D eigenvalue weighted by molar-refractivity contribution is 0.0696. The molecule has 4 rings (SSSR count). The summed E-state index contributed by atoms with van der Waals surface area (Å²) in [6.45, 7) is 0. The summed E-state index contributed by atoms with van der Waals surface area (Å²) in [6.07, 6.45) is 2.91. The summed E-state index contributed by atoms with van der Waals surface area (Å²) >= 11 is 5.36. The van der Waals surface area contributed by atoms with Crippen LogP contribution in [0.4, 0.5) is 8.78 Å². The Labute approximate surface area is 187 Å². The van der Waals surface area contributed by atoms with Crippen molar-refractivity contribution in [3.8, 4) is 22.5 Å². The van der Waals surface area contributed by atoms with Crippen LogP contribution in [0.5, 0.6) is 0 Å². The first-order valence-electron chi connectivity index (χ1n) is 9.20. The average Bonchev–Trinajstić information content (AvgIpc) is 2.80. The van der Waals surface area contributed by atoms with Gasteiger partial charge in [0.05, 0.1) is 17.0 Å². The molecule has 0 aliphatic heterocycles. The third kappa shape index (κ3) is 6.02. The third-order valence-corrected chi connectivity index (χ3v) is 4.49. The molecule has 2 aromatic heterocycles. The average molecular weight is 453 g/mol. The molecule has 0 atom stereocenters. The maximum Gasteiger partial charge on any atom is 0.335 e. The number of rotatable bonds is 4. The Morgan fingerprint density at radius 1 is 0.688 bits per heavy atom. The number of pyridine rings is 2. The molecular weight excluding hydrogens is 438 g/mol. The number of hydrogen-bond acceptors (Lipinski definition) is 4. The number of halogens is 3. The minimum Gasteiger partial charge on any atom is -0.478 e. The van der Waals surface area contributed by atoms with Gasteiger partial charge in [-0.15, -0.1) is 0 Å². The van der Waals surface area contributed by atoms with Gasteiger partial charge in [-0.05, 0) is 84.4 Å². The Hall–Kier alpha value is -3.97. The molecule has 0 aliphatic rings. The molecule has 32 heavy (non-hydrogen) atoms. The van der Waals surface area contributed by atoms with Crippen molar-refractivity contribution in [3.05, 3.63) is 108 Å². The molecule has 0 spiro atoms. The number of carboxylic acid groups (broad SMARTS) is 1. The van der Waals surface area contributed by atoms with E-state index in [0.717, 1.165) is 5.56 Å². The predicted molar refractivity (Wildman–Crippen MR) is 116 cm³/mol. The van der Waals surface area contributed by atoms with Gasteiger partial charge in [-0.3, -0.25) is 14.8 Å². The smallest absolute Gasteiger partial charge is 0.335 e. The highest BCUT2D eigenvalue weighted by Gasteiger charge is 2.06. The van der Waals surface area contributed by atoms with Gasteiger partial charge < -0.3 is 5.11 Å². The summed E-state index contributed by atoms with van der Waals surface area (Å²) in [5, 5.41) is 8.28. The first-order valence-corrected chi connectivity index (χ1v) is 9.58. The molecule has 8 heteroatoms. The number of aromatic carboxylic acids is 1. The van der Waals surface area contributed by atoms with E-state index in [1.807, 2.05) is 0 Å². The van der Waals surface area contributed by atoms with Crippen LogP contribution in [-0.2, 0) is 0 Å². The SMILES string of the molecule is O=C(Cl)c1ccnc(-c2ccc(F)cc2)c1.O=C(O)c1ccnc(-c2ccc(F)cc2)c1. The van der Waals surface area contributed by atoms with Crippen LogP contribution in [0.3, 0.4) is 0 Å². The summed E-state index contributed by atoms with van der Waals surface area (Å²) in [7, 11) is 0. The van der Waals surface area contributed by atoms with E-state index in [2.05, 4.69) is 9.97 Å². The Bertz CT molecular complexity index is 1150. The summed E-state index contributed by atoms with van der Waals surface area (Å²) < 4.78 is 25.4. The first-order chi connectivity index (χ1) is 15.3. The number of carbonyl (C=O) groups is 2. The summed E-state index contributed by atoms with van der Waals surface area (Å²) in [5.41, 5.74) is 3.06. The van der Waals surface area contributed by atoms with Crippen LogP contribution in [0, 0.1) is 11.6 Å². The highest BCUT2D eigenvalue weighted by Crippen LogP contribution is 2.19. The second kappa shape index (κ2) is 10.4. The number of carbonyl (C=O) groups excluding carboxylic acids is 1. The zero-order valence-corrected chi connectivity index (χ0v) is 17.1. The normalized spacial score (nSPS) is 10.1. The summed E-state index contributed by atoms with van der Waals surface area (Å²) in [6, 6.07) is 17.6. The van der Waals surface area contributed by atoms with Crippen LogP contribution >= 0.6 is 11.6 Å². The maximum absolute atomic E-state index is 12.7. The zero-order chi connectivity index (χ0) is 23.1. The molecule has 0 saturated carbocycles. The first kappa shape index (κ1) is 22.7. The highest BCUT2D eigenvalue weighted by atomic mass is 35.5. The van der Waals surface area contributed by atoms with Crippen LogP contribution < -0.4 is 0 Å². The summed E-state index contributed by atoms with van der Waals surface area (Å²) in [4.78, 5) is 29.8. The second-order valence-electron chi connectivity index (χ2n) is 6.45. The molecule has 2 heterocycles. The van der Waals surface area contributed by atoms with Crippen molar-refractivity contribution >= 4 is 22.8 Å². The fraction of sp³-hybridized carbons (Fsp3) is 0. The molecule has 0 amide bonds. The van der Waals surface area contributed by atoms with Gasteiger partial charge in [0.1, 0.15) is 11.6 Å². The molecule has 5 nitrogen and oxygen atoms in total. The predicted octanol–water partition coefficient (Wildman–Crippen LogP) is 5.85. The Morgan fingerprint density at radius 3 is 1.50 bits per heavy atom. The second-order valence-corrected chi connectivity index (χ2v) is 6.80. The number of aromatic nitrogens is 2. The standard InChI is InChI=1S/C12H7ClFNO.C12H8FNO2/c13-12(16)9-5-6-15-11(7-9)8-1-3-10(14)4-2-8;13-10-3-1-8(2-4-10)11-7-9(12(15)16)5-6-14-11/h1-7H;1-7H,(H,15,16). The zero-order valence-electron chi connectivity index (χ0n) is 16.4. The van der Waals surface area contributed by atoms with Gasteiger partial charge >= 0.3 is 5.97 Å². The molecule has 0 fully saturated rings. The monoisotopic (exact) mass is 452 g/mol. The van der Waals surface area contributed by atoms with Crippen LogP contribution in [-0.4, -0.2) is 26.3 Å². The van der Waals surface area contributed by atoms with Crippen molar-refractivity contribution in [2.75, 3.05) is 0 Å². The van der Waals surface area contributed by atoms with E-state index in [0.29, 0.717) is 22.5 Å². The molecule has 1 N–H and O–H groups in total. The van der Waals surface area contributed by atoms with Gasteiger partial charge in [-0.25, -0.2) is 13.6 Å². The van der Waals surface area contributed by atoms with Gasteiger partial charge in [0.25, 0.3) is 5.24 Å². The molecule has 0 bridgehead atoms. The van der Waals surface area contributed by atoms with E-state index < -0.39 is 11.2 Å². The number of carboxylic acids is 1. The lowest BCUT2D eigenvalue weighted by atomic mass is 10.1. The molecule has 160 valence electrons. The Morgan fingerprint density at radius 2 is 1.09 bits per heavy atom. The quantitative estimate of drug-likeness (QED) is 0.393. The molecule has 2 aromatic carbocycles. The maximum atomic E-state index is 12.7. The fourth-order valence-electron chi connectivity index (χ4n) is 2.67. The molecule has 0 aliphatic carbocycles. The minimum absolute atomic E-state index is 0.161. The van der Waals surface area contributed by atoms with Gasteiger partial charge in [0.2, 0.25) is 0 Å². The Kier molecular flexibility index (Phi) is 7.36. The van der Waals surface area contributed by atoms with Crippen LogP contribution in [0.1, 0.15) is 20.7 Å². The van der Waals surface area contributed by atoms with Gasteiger partial charge in [-0.2, -0.15) is 0 Å². The topological polar surface area (TPSA) is 80.2 Å². The number of nitrogens with zero attached hydrogens (tertiary/aromatic N) is 2. The lowest BCUT2D eigenvalue weighted by Crippen LogP contribution is -1.97. The molecule has 0 saturated heterocycles. The molecular formula is C24H15ClF2N2O3. The van der Waals surface area contributed by atoms with Crippen molar-refractivity contribution in [1.82, 2.24) is 9.97 Å². The van der Waals surface area contributed by atoms with E-state index in [9.17, 15) is 18.4 Å². The van der Waals surface area contributed by atoms with Crippen molar-refractivity contribution < 1.29 is 23.5 Å². The van der Waals surface area contributed by atoms with Crippen LogP contribution in [0.15, 0.2) is 85.2 Å². The van der Waals surface area contributed by atoms with Gasteiger partial charge in [0.15, 0.2) is 0 Å². The van der Waals surface area contributed by atoms with E-state index >= 15 is 0 Å². The molecule has 4 aromatic rings. The van der Waals surface area contributed by atoms with Crippen LogP contribution in [0.2, 0.25) is 0 Å². The fourth-order valence-corrected chi connectivity index (χ4v) is 2.79. The van der Waals surface area contributed by atoms with Crippen molar-refractivity contribution in [2.24, 2.45) is 0 Å². The summed E-state index contributed by atoms with van der Waals surface area (Å²) in [5.74, 6) is -1.66. The molecule has 0 radical (unpaired) electrons. The van der Waals surface area contributed by atoms with Crippen molar-refractivity contribution in [2.45, 2.75) is 0 Å². The Balaban J connectivity index is 0.000000181. The van der Waals surface area contributed by atoms with Crippen molar-refractivity contribution in [1.29, 1.82) is 0 Å². The minimum atomic E-state index is -1.01. The highest BCUT2D eigenvalue weighted by molar-refractivity contribution is 6.67. The largest absolute Gasteiger partial charge is 0.478 e. The van der Waals surface area contributed by atoms with Gasteiger partial charge in [-0.1, -0.05) is 0 Å². The van der Waals surface area contributed by atoms with Gasteiger partial charge in [0, 0.05) is 29.1 Å².